The van der Waals surface area contributed by atoms with Crippen LogP contribution in [0.2, 0.25) is 0 Å². The van der Waals surface area contributed by atoms with Gasteiger partial charge in [0.05, 0.1) is 4.99 Å². The van der Waals surface area contributed by atoms with E-state index in [1.165, 1.54) is 12.1 Å². The van der Waals surface area contributed by atoms with Crippen molar-refractivity contribution in [3.63, 3.8) is 0 Å². The van der Waals surface area contributed by atoms with Crippen LogP contribution < -0.4 is 5.73 Å². The smallest absolute Gasteiger partial charge is 0.253 e. The summed E-state index contributed by atoms with van der Waals surface area (Å²) in [5, 5.41) is 0. The number of nitrogens with zero attached hydrogens (tertiary/aromatic N) is 1. The summed E-state index contributed by atoms with van der Waals surface area (Å²) in [4.78, 5) is 14.1. The topological polar surface area (TPSA) is 46.3 Å². The number of benzene rings is 1. The Morgan fingerprint density at radius 2 is 2.17 bits per heavy atom. The molecule has 0 saturated heterocycles. The SMILES string of the molecule is Cc1cc(C(=O)N(C)C(C)CC(N)=S)ccc1F. The standard InChI is InChI=1S/C13H17FN2OS/c1-8-6-10(4-5-11(8)14)13(17)16(3)9(2)7-12(15)18/h4-6,9H,7H2,1-3H3,(H2,15,18). The lowest BCUT2D eigenvalue weighted by atomic mass is 10.1. The van der Waals surface area contributed by atoms with Crippen LogP contribution >= 0.6 is 12.2 Å². The molecule has 3 nitrogen and oxygen atoms in total. The van der Waals surface area contributed by atoms with Gasteiger partial charge in [0.1, 0.15) is 5.82 Å². The van der Waals surface area contributed by atoms with E-state index in [-0.39, 0.29) is 17.8 Å². The highest BCUT2D eigenvalue weighted by Gasteiger charge is 2.18. The summed E-state index contributed by atoms with van der Waals surface area (Å²) in [6, 6.07) is 4.24. The molecule has 0 fully saturated rings. The number of hydrogen-bond donors (Lipinski definition) is 1. The van der Waals surface area contributed by atoms with E-state index in [0.29, 0.717) is 22.5 Å². The Bertz CT molecular complexity index is 476. The summed E-state index contributed by atoms with van der Waals surface area (Å²) in [5.41, 5.74) is 6.38. The normalized spacial score (nSPS) is 12.0. The van der Waals surface area contributed by atoms with E-state index in [4.69, 9.17) is 18.0 Å². The molecule has 0 saturated carbocycles. The van der Waals surface area contributed by atoms with Crippen LogP contribution in [0, 0.1) is 12.7 Å². The first-order valence-electron chi connectivity index (χ1n) is 5.64. The Hall–Kier alpha value is -1.49. The molecule has 5 heteroatoms. The maximum atomic E-state index is 13.1. The average Bonchev–Trinajstić information content (AvgIpc) is 2.30. The summed E-state index contributed by atoms with van der Waals surface area (Å²) < 4.78 is 13.1. The number of nitrogens with two attached hydrogens (primary N) is 1. The van der Waals surface area contributed by atoms with Crippen molar-refractivity contribution in [3.8, 4) is 0 Å². The quantitative estimate of drug-likeness (QED) is 0.852. The van der Waals surface area contributed by atoms with Gasteiger partial charge >= 0.3 is 0 Å². The first-order valence-corrected chi connectivity index (χ1v) is 6.05. The minimum Gasteiger partial charge on any atom is -0.393 e. The lowest BCUT2D eigenvalue weighted by Gasteiger charge is -2.24. The van der Waals surface area contributed by atoms with Crippen molar-refractivity contribution in [2.75, 3.05) is 7.05 Å². The molecular weight excluding hydrogens is 251 g/mol. The largest absolute Gasteiger partial charge is 0.393 e. The number of hydrogen-bond acceptors (Lipinski definition) is 2. The molecule has 1 amide bonds. The predicted molar refractivity (Wildman–Crippen MR) is 74.1 cm³/mol. The lowest BCUT2D eigenvalue weighted by molar-refractivity contribution is 0.0748. The van der Waals surface area contributed by atoms with Gasteiger partial charge in [-0.3, -0.25) is 4.79 Å². The van der Waals surface area contributed by atoms with Crippen molar-refractivity contribution in [2.45, 2.75) is 26.3 Å². The Balaban J connectivity index is 2.86. The zero-order valence-electron chi connectivity index (χ0n) is 10.7. The van der Waals surface area contributed by atoms with Gasteiger partial charge in [-0.2, -0.15) is 0 Å². The van der Waals surface area contributed by atoms with Crippen LogP contribution in [0.15, 0.2) is 18.2 Å². The van der Waals surface area contributed by atoms with E-state index in [2.05, 4.69) is 0 Å². The number of halogens is 1. The number of amides is 1. The molecule has 1 atom stereocenters. The predicted octanol–water partition coefficient (Wildman–Crippen LogP) is 2.27. The van der Waals surface area contributed by atoms with E-state index in [9.17, 15) is 9.18 Å². The van der Waals surface area contributed by atoms with Crippen molar-refractivity contribution in [1.82, 2.24) is 4.90 Å². The highest BCUT2D eigenvalue weighted by atomic mass is 32.1. The molecule has 0 bridgehead atoms. The maximum Gasteiger partial charge on any atom is 0.253 e. The van der Waals surface area contributed by atoms with Gasteiger partial charge in [-0.25, -0.2) is 4.39 Å². The fourth-order valence-electron chi connectivity index (χ4n) is 1.61. The van der Waals surface area contributed by atoms with Gasteiger partial charge in [0.25, 0.3) is 5.91 Å². The van der Waals surface area contributed by atoms with E-state index < -0.39 is 0 Å². The number of aryl methyl sites for hydroxylation is 1. The lowest BCUT2D eigenvalue weighted by Crippen LogP contribution is -2.37. The van der Waals surface area contributed by atoms with E-state index in [1.807, 2.05) is 6.92 Å². The molecule has 0 heterocycles. The van der Waals surface area contributed by atoms with Crippen LogP contribution in [0.5, 0.6) is 0 Å². The minimum atomic E-state index is -0.314. The van der Waals surface area contributed by atoms with Crippen LogP contribution in [-0.4, -0.2) is 28.9 Å². The van der Waals surface area contributed by atoms with Gasteiger partial charge in [-0.05, 0) is 37.6 Å². The van der Waals surface area contributed by atoms with Crippen molar-refractivity contribution in [1.29, 1.82) is 0 Å². The molecule has 1 rings (SSSR count). The van der Waals surface area contributed by atoms with Crippen LogP contribution in [-0.2, 0) is 0 Å². The third-order valence-electron chi connectivity index (χ3n) is 2.88. The third-order valence-corrected chi connectivity index (χ3v) is 3.05. The van der Waals surface area contributed by atoms with E-state index >= 15 is 0 Å². The fourth-order valence-corrected chi connectivity index (χ4v) is 1.85. The Labute approximate surface area is 112 Å². The zero-order chi connectivity index (χ0) is 13.9. The van der Waals surface area contributed by atoms with Crippen molar-refractivity contribution < 1.29 is 9.18 Å². The van der Waals surface area contributed by atoms with Crippen molar-refractivity contribution in [3.05, 3.63) is 35.1 Å². The second-order valence-corrected chi connectivity index (χ2v) is 4.92. The molecule has 2 N–H and O–H groups in total. The number of thiocarbonyl (C=S) groups is 1. The van der Waals surface area contributed by atoms with E-state index in [0.717, 1.165) is 0 Å². The fraction of sp³-hybridized carbons (Fsp3) is 0.385. The van der Waals surface area contributed by atoms with Crippen molar-refractivity contribution >= 4 is 23.1 Å². The molecule has 0 aromatic heterocycles. The summed E-state index contributed by atoms with van der Waals surface area (Å²) in [6.45, 7) is 3.50. The molecule has 1 aromatic rings. The Morgan fingerprint density at radius 3 is 2.67 bits per heavy atom. The summed E-state index contributed by atoms with van der Waals surface area (Å²) >= 11 is 4.82. The van der Waals surface area contributed by atoms with Crippen LogP contribution in [0.3, 0.4) is 0 Å². The molecule has 0 aliphatic rings. The van der Waals surface area contributed by atoms with Gasteiger partial charge in [0.2, 0.25) is 0 Å². The molecule has 98 valence electrons. The third kappa shape index (κ3) is 3.50. The summed E-state index contributed by atoms with van der Waals surface area (Å²) in [7, 11) is 1.68. The highest BCUT2D eigenvalue weighted by molar-refractivity contribution is 7.80. The first kappa shape index (κ1) is 14.6. The molecule has 0 aliphatic heterocycles. The number of carbonyl (C=O) groups excluding carboxylic acids is 1. The second kappa shape index (κ2) is 5.91. The Morgan fingerprint density at radius 1 is 1.56 bits per heavy atom. The van der Waals surface area contributed by atoms with E-state index in [1.54, 1.807) is 24.9 Å². The average molecular weight is 268 g/mol. The minimum absolute atomic E-state index is 0.0830. The van der Waals surface area contributed by atoms with Gasteiger partial charge in [-0.1, -0.05) is 12.2 Å². The monoisotopic (exact) mass is 268 g/mol. The molecule has 1 unspecified atom stereocenters. The van der Waals surface area contributed by atoms with Gasteiger partial charge in [0, 0.05) is 25.1 Å². The molecule has 1 aromatic carbocycles. The highest BCUT2D eigenvalue weighted by Crippen LogP contribution is 2.13. The molecule has 0 aliphatic carbocycles. The van der Waals surface area contributed by atoms with Crippen LogP contribution in [0.25, 0.3) is 0 Å². The van der Waals surface area contributed by atoms with Crippen LogP contribution in [0.1, 0.15) is 29.3 Å². The number of rotatable bonds is 4. The molecule has 0 spiro atoms. The van der Waals surface area contributed by atoms with Crippen molar-refractivity contribution in [2.24, 2.45) is 5.73 Å². The summed E-state index contributed by atoms with van der Waals surface area (Å²) in [5.74, 6) is -0.479. The molecule has 18 heavy (non-hydrogen) atoms. The van der Waals surface area contributed by atoms with Crippen LogP contribution in [0.4, 0.5) is 4.39 Å². The maximum absolute atomic E-state index is 13.1. The molecular formula is C13H17FN2OS. The zero-order valence-corrected chi connectivity index (χ0v) is 11.6. The van der Waals surface area contributed by atoms with Gasteiger partial charge < -0.3 is 10.6 Å². The molecule has 0 radical (unpaired) electrons. The summed E-state index contributed by atoms with van der Waals surface area (Å²) in [6.07, 6.45) is 0.470. The number of carbonyl (C=O) groups is 1. The van der Waals surface area contributed by atoms with Gasteiger partial charge in [-0.15, -0.1) is 0 Å². The second-order valence-electron chi connectivity index (χ2n) is 4.40. The van der Waals surface area contributed by atoms with Gasteiger partial charge in [0.15, 0.2) is 0 Å². The Kier molecular flexibility index (Phi) is 4.78. The first-order chi connectivity index (χ1) is 8.32.